The molecule has 1 aromatic rings. The first-order chi connectivity index (χ1) is 17.8. The highest BCUT2D eigenvalue weighted by molar-refractivity contribution is 6.33. The number of ether oxygens (including phenoxy) is 1. The number of benzene rings is 1. The molecule has 1 saturated heterocycles. The van der Waals surface area contributed by atoms with Crippen LogP contribution in [0.3, 0.4) is 0 Å². The maximum atomic E-state index is 13.7. The zero-order chi connectivity index (χ0) is 27.8. The van der Waals surface area contributed by atoms with E-state index < -0.39 is 58.0 Å². The van der Waals surface area contributed by atoms with Crippen LogP contribution in [0.25, 0.3) is 0 Å². The Morgan fingerprint density at radius 2 is 1.92 bits per heavy atom. The molecule has 3 aliphatic carbocycles. The minimum Gasteiger partial charge on any atom is -0.510 e. The molecule has 0 spiro atoms. The molecule has 1 fully saturated rings. The van der Waals surface area contributed by atoms with Crippen LogP contribution in [0.5, 0.6) is 5.75 Å². The first-order valence-electron chi connectivity index (χ1n) is 12.3. The minimum absolute atomic E-state index is 0.00865. The van der Waals surface area contributed by atoms with Crippen LogP contribution in [0.1, 0.15) is 27.9 Å². The summed E-state index contributed by atoms with van der Waals surface area (Å²) < 4.78 is 5.30. The van der Waals surface area contributed by atoms with E-state index in [0.717, 1.165) is 0 Å². The molecule has 204 valence electrons. The van der Waals surface area contributed by atoms with E-state index in [1.165, 1.54) is 11.0 Å². The van der Waals surface area contributed by atoms with Gasteiger partial charge in [0.25, 0.3) is 5.91 Å². The summed E-state index contributed by atoms with van der Waals surface area (Å²) in [6, 6.07) is 0.368. The van der Waals surface area contributed by atoms with Crippen LogP contribution in [0.2, 0.25) is 5.02 Å². The summed E-state index contributed by atoms with van der Waals surface area (Å²) in [5, 5.41) is 45.0. The molecule has 4 atom stereocenters. The second kappa shape index (κ2) is 9.06. The lowest BCUT2D eigenvalue weighted by atomic mass is 9.58. The number of carbonyl (C=O) groups excluding carboxylic acids is 3. The van der Waals surface area contributed by atoms with E-state index >= 15 is 0 Å². The van der Waals surface area contributed by atoms with E-state index in [-0.39, 0.29) is 35.8 Å². The number of aliphatic hydroxyl groups is 3. The van der Waals surface area contributed by atoms with Crippen molar-refractivity contribution < 1.29 is 39.5 Å². The molecule has 1 aliphatic heterocycles. The number of hydrogen-bond donors (Lipinski definition) is 5. The number of carbonyl (C=O) groups is 3. The Kier molecular flexibility index (Phi) is 6.35. The summed E-state index contributed by atoms with van der Waals surface area (Å²) >= 11 is 6.76. The zero-order valence-corrected chi connectivity index (χ0v) is 21.9. The molecule has 5 rings (SSSR count). The Labute approximate surface area is 223 Å². The lowest BCUT2D eigenvalue weighted by Gasteiger charge is -2.50. The number of likely N-dealkylation sites (N-methyl/N-ethyl adjacent to an activating group) is 1. The number of aliphatic hydroxyl groups excluding tert-OH is 2. The maximum absolute atomic E-state index is 13.7. The number of amides is 1. The van der Waals surface area contributed by atoms with Gasteiger partial charge < -0.3 is 30.9 Å². The number of halogens is 1. The average molecular weight is 548 g/mol. The average Bonchev–Trinajstić information content (AvgIpc) is 2.80. The molecule has 11 nitrogen and oxygen atoms in total. The molecule has 38 heavy (non-hydrogen) atoms. The largest absolute Gasteiger partial charge is 0.510 e. The van der Waals surface area contributed by atoms with Gasteiger partial charge in [0, 0.05) is 43.3 Å². The monoisotopic (exact) mass is 547 g/mol. The smallest absolute Gasteiger partial charge is 0.255 e. The molecule has 4 aliphatic rings. The van der Waals surface area contributed by atoms with E-state index in [2.05, 4.69) is 4.90 Å². The van der Waals surface area contributed by atoms with Gasteiger partial charge in [-0.05, 0) is 50.0 Å². The summed E-state index contributed by atoms with van der Waals surface area (Å²) in [7, 11) is 4.80. The number of ketones is 2. The van der Waals surface area contributed by atoms with Gasteiger partial charge >= 0.3 is 0 Å². The van der Waals surface area contributed by atoms with Gasteiger partial charge in [-0.3, -0.25) is 24.2 Å². The standard InChI is InChI=1S/C26H30ClN3O8/c1-29(2)20-14-5-10-4-13-17(15(31)6-11(19(13)27)7-30-8-12(9-30)38-3)21(32)16(10)23(34)26(14,37)24(35)18(22(20)33)25(28)36/h6,10,12,14,20,31,33-34,37H,4-5,7-9H2,1-3H3,(H2,28,36)/t10-,14-,20-,26-/m0/s1. The van der Waals surface area contributed by atoms with Crippen molar-refractivity contribution in [3.63, 3.8) is 0 Å². The topological polar surface area (TPSA) is 174 Å². The summed E-state index contributed by atoms with van der Waals surface area (Å²) in [5.41, 5.74) is 2.59. The van der Waals surface area contributed by atoms with E-state index in [4.69, 9.17) is 22.1 Å². The third kappa shape index (κ3) is 3.60. The van der Waals surface area contributed by atoms with E-state index in [0.29, 0.717) is 35.8 Å². The van der Waals surface area contributed by atoms with Crippen molar-refractivity contribution >= 4 is 29.1 Å². The fraction of sp³-hybridized carbons (Fsp3) is 0.500. The van der Waals surface area contributed by atoms with Crippen LogP contribution in [-0.2, 0) is 27.3 Å². The van der Waals surface area contributed by atoms with Crippen molar-refractivity contribution in [3.05, 3.63) is 50.4 Å². The Bertz CT molecular complexity index is 1330. The van der Waals surface area contributed by atoms with Gasteiger partial charge in [0.1, 0.15) is 22.8 Å². The number of hydrogen-bond acceptors (Lipinski definition) is 10. The van der Waals surface area contributed by atoms with Crippen LogP contribution in [-0.4, -0.2) is 99.7 Å². The molecule has 0 aromatic heterocycles. The summed E-state index contributed by atoms with van der Waals surface area (Å²) in [6.45, 7) is 1.86. The van der Waals surface area contributed by atoms with Crippen molar-refractivity contribution in [1.82, 2.24) is 9.80 Å². The predicted molar refractivity (Wildman–Crippen MR) is 135 cm³/mol. The number of methoxy groups -OCH3 is 1. The molecular weight excluding hydrogens is 518 g/mol. The molecule has 0 unspecified atom stereocenters. The number of primary amides is 1. The fourth-order valence-electron chi connectivity index (χ4n) is 6.51. The molecule has 1 heterocycles. The van der Waals surface area contributed by atoms with Crippen LogP contribution in [0, 0.1) is 11.8 Å². The zero-order valence-electron chi connectivity index (χ0n) is 21.2. The predicted octanol–water partition coefficient (Wildman–Crippen LogP) is 0.605. The molecule has 6 N–H and O–H groups in total. The molecule has 0 bridgehead atoms. The van der Waals surface area contributed by atoms with Crippen molar-refractivity contribution in [2.75, 3.05) is 34.3 Å². The number of rotatable bonds is 5. The third-order valence-corrected chi connectivity index (χ3v) is 8.85. The summed E-state index contributed by atoms with van der Waals surface area (Å²) in [6.07, 6.45) is 0.283. The second-order valence-electron chi connectivity index (χ2n) is 10.7. The van der Waals surface area contributed by atoms with Crippen LogP contribution < -0.4 is 5.73 Å². The fourth-order valence-corrected chi connectivity index (χ4v) is 6.80. The number of likely N-dealkylation sites (tertiary alicyclic amines) is 1. The van der Waals surface area contributed by atoms with Gasteiger partial charge in [-0.25, -0.2) is 0 Å². The summed E-state index contributed by atoms with van der Waals surface area (Å²) in [4.78, 5) is 42.7. The Hall–Kier alpha value is -2.96. The van der Waals surface area contributed by atoms with Gasteiger partial charge in [0.2, 0.25) is 5.78 Å². The first-order valence-corrected chi connectivity index (χ1v) is 12.6. The maximum Gasteiger partial charge on any atom is 0.255 e. The molecule has 1 amide bonds. The molecular formula is C26H30ClN3O8. The van der Waals surface area contributed by atoms with Gasteiger partial charge in [0.15, 0.2) is 11.4 Å². The number of Topliss-reactive ketones (excluding diaryl/α,β-unsaturated/α-hetero) is 2. The SMILES string of the molecule is COC1CN(Cc2cc(O)c3c(c2Cl)C[C@H]2C[C@H]4[C@H](N(C)C)C(O)=C(C(N)=O)C(=O)[C@@]4(O)C(O)=C2C3=O)C1. The quantitative estimate of drug-likeness (QED) is 0.328. The molecule has 0 radical (unpaired) electrons. The van der Waals surface area contributed by atoms with Crippen molar-refractivity contribution in [2.24, 2.45) is 17.6 Å². The third-order valence-electron chi connectivity index (χ3n) is 8.38. The van der Waals surface area contributed by atoms with Gasteiger partial charge in [-0.1, -0.05) is 11.6 Å². The highest BCUT2D eigenvalue weighted by Gasteiger charge is 2.63. The Morgan fingerprint density at radius 1 is 1.26 bits per heavy atom. The van der Waals surface area contributed by atoms with E-state index in [9.17, 15) is 34.8 Å². The summed E-state index contributed by atoms with van der Waals surface area (Å²) in [5.74, 6) is -6.88. The van der Waals surface area contributed by atoms with Crippen LogP contribution in [0.15, 0.2) is 28.7 Å². The molecule has 12 heteroatoms. The minimum atomic E-state index is -2.67. The van der Waals surface area contributed by atoms with Crippen molar-refractivity contribution in [1.29, 1.82) is 0 Å². The van der Waals surface area contributed by atoms with Crippen molar-refractivity contribution in [2.45, 2.75) is 37.1 Å². The number of fused-ring (bicyclic) bond motifs is 3. The highest BCUT2D eigenvalue weighted by atomic mass is 35.5. The normalized spacial score (nSPS) is 29.8. The van der Waals surface area contributed by atoms with Crippen LogP contribution in [0.4, 0.5) is 0 Å². The molecule has 0 saturated carbocycles. The lowest BCUT2D eigenvalue weighted by Crippen LogP contribution is -2.63. The number of phenols is 1. The van der Waals surface area contributed by atoms with E-state index in [1.807, 2.05) is 0 Å². The second-order valence-corrected chi connectivity index (χ2v) is 11.1. The number of allylic oxidation sites excluding steroid dienone is 1. The number of phenolic OH excluding ortho intramolecular Hbond substituents is 1. The Morgan fingerprint density at radius 3 is 2.50 bits per heavy atom. The number of nitrogens with two attached hydrogens (primary N) is 1. The molecule has 1 aromatic carbocycles. The van der Waals surface area contributed by atoms with E-state index in [1.54, 1.807) is 21.2 Å². The first kappa shape index (κ1) is 26.6. The van der Waals surface area contributed by atoms with Gasteiger partial charge in [-0.2, -0.15) is 0 Å². The van der Waals surface area contributed by atoms with Gasteiger partial charge in [0.05, 0.1) is 17.7 Å². The highest BCUT2D eigenvalue weighted by Crippen LogP contribution is 2.53. The Balaban J connectivity index is 1.60. The van der Waals surface area contributed by atoms with Crippen molar-refractivity contribution in [3.8, 4) is 5.75 Å². The number of nitrogens with zero attached hydrogens (tertiary/aromatic N) is 2. The lowest BCUT2D eigenvalue weighted by molar-refractivity contribution is -0.148. The van der Waals surface area contributed by atoms with Crippen LogP contribution >= 0.6 is 11.6 Å². The van der Waals surface area contributed by atoms with Gasteiger partial charge in [-0.15, -0.1) is 0 Å². The number of aromatic hydroxyl groups is 1.